The summed E-state index contributed by atoms with van der Waals surface area (Å²) >= 11 is 0. The molecule has 6 nitrogen and oxygen atoms in total. The van der Waals surface area contributed by atoms with E-state index >= 15 is 0 Å². The van der Waals surface area contributed by atoms with Crippen LogP contribution in [0.25, 0.3) is 0 Å². The van der Waals surface area contributed by atoms with Crippen molar-refractivity contribution in [3.05, 3.63) is 23.2 Å². The van der Waals surface area contributed by atoms with Gasteiger partial charge < -0.3 is 19.0 Å². The van der Waals surface area contributed by atoms with Gasteiger partial charge in [0, 0.05) is 19.2 Å². The zero-order chi connectivity index (χ0) is 14.4. The van der Waals surface area contributed by atoms with Crippen molar-refractivity contribution in [2.45, 2.75) is 19.6 Å². The number of esters is 1. The third kappa shape index (κ3) is 4.66. The van der Waals surface area contributed by atoms with Crippen LogP contribution in [0.15, 0.2) is 10.5 Å². The second-order valence-corrected chi connectivity index (χ2v) is 4.52. The first-order valence-corrected chi connectivity index (χ1v) is 6.01. The lowest BCUT2D eigenvalue weighted by atomic mass is 10.2. The van der Waals surface area contributed by atoms with E-state index < -0.39 is 12.1 Å². The summed E-state index contributed by atoms with van der Waals surface area (Å²) in [6, 6.07) is 1.80. The lowest BCUT2D eigenvalue weighted by Crippen LogP contribution is -2.31. The number of methoxy groups -OCH3 is 2. The zero-order valence-electron chi connectivity index (χ0n) is 11.8. The fourth-order valence-corrected chi connectivity index (χ4v) is 1.86. The molecule has 0 saturated heterocycles. The molecule has 6 heteroatoms. The van der Waals surface area contributed by atoms with Crippen molar-refractivity contribution in [1.29, 1.82) is 0 Å². The van der Waals surface area contributed by atoms with Crippen molar-refractivity contribution < 1.29 is 23.8 Å². The zero-order valence-corrected chi connectivity index (χ0v) is 11.8. The molecule has 1 atom stereocenters. The molecule has 19 heavy (non-hydrogen) atoms. The maximum atomic E-state index is 11.4. The summed E-state index contributed by atoms with van der Waals surface area (Å²) in [5.74, 6) is 0.402. The fourth-order valence-electron chi connectivity index (χ4n) is 1.86. The number of nitrogens with zero attached hydrogens (tertiary/aromatic N) is 1. The average Bonchev–Trinajstić information content (AvgIpc) is 2.69. The van der Waals surface area contributed by atoms with E-state index in [9.17, 15) is 9.90 Å². The first-order chi connectivity index (χ1) is 8.97. The van der Waals surface area contributed by atoms with E-state index in [4.69, 9.17) is 9.15 Å². The number of carbonyl (C=O) groups is 1. The number of aryl methyl sites for hydroxylation is 1. The van der Waals surface area contributed by atoms with Gasteiger partial charge in [0.25, 0.3) is 0 Å². The van der Waals surface area contributed by atoms with Crippen molar-refractivity contribution in [2.24, 2.45) is 0 Å². The van der Waals surface area contributed by atoms with Gasteiger partial charge in [-0.15, -0.1) is 0 Å². The fraction of sp³-hybridized carbons (Fsp3) is 0.615. The number of aliphatic hydroxyl groups excluding tert-OH is 1. The van der Waals surface area contributed by atoms with Crippen molar-refractivity contribution in [1.82, 2.24) is 4.90 Å². The molecule has 0 aliphatic carbocycles. The minimum absolute atomic E-state index is 0.225. The molecule has 1 N–H and O–H groups in total. The summed E-state index contributed by atoms with van der Waals surface area (Å²) in [7, 11) is 4.72. The molecule has 0 fully saturated rings. The topological polar surface area (TPSA) is 72.1 Å². The van der Waals surface area contributed by atoms with Crippen molar-refractivity contribution in [3.63, 3.8) is 0 Å². The van der Waals surface area contributed by atoms with Crippen LogP contribution in [-0.2, 0) is 16.0 Å². The van der Waals surface area contributed by atoms with E-state index in [1.165, 1.54) is 7.11 Å². The molecule has 1 unspecified atom stereocenters. The van der Waals surface area contributed by atoms with Crippen LogP contribution in [0.4, 0.5) is 0 Å². The normalized spacial score (nSPS) is 12.7. The SMILES string of the molecule is COCC(O)CN(C)Cc1cc(C)c(C(=O)OC)o1. The van der Waals surface area contributed by atoms with Gasteiger partial charge in [-0.05, 0) is 20.0 Å². The Bertz CT molecular complexity index is 415. The first kappa shape index (κ1) is 15.7. The van der Waals surface area contributed by atoms with Gasteiger partial charge in [0.1, 0.15) is 5.76 Å². The van der Waals surface area contributed by atoms with E-state index in [0.717, 1.165) is 5.56 Å². The summed E-state index contributed by atoms with van der Waals surface area (Å²) in [5.41, 5.74) is 0.743. The number of likely N-dealkylation sites (N-methyl/N-ethyl adjacent to an activating group) is 1. The Balaban J connectivity index is 2.60. The predicted molar refractivity (Wildman–Crippen MR) is 69.0 cm³/mol. The van der Waals surface area contributed by atoms with Gasteiger partial charge in [0.15, 0.2) is 0 Å². The van der Waals surface area contributed by atoms with Crippen LogP contribution in [0.2, 0.25) is 0 Å². The largest absolute Gasteiger partial charge is 0.463 e. The number of hydrogen-bond donors (Lipinski definition) is 1. The molecule has 0 radical (unpaired) electrons. The second kappa shape index (κ2) is 7.28. The molecule has 0 bridgehead atoms. The van der Waals surface area contributed by atoms with E-state index in [2.05, 4.69) is 4.74 Å². The molecular weight excluding hydrogens is 250 g/mol. The average molecular weight is 271 g/mol. The molecule has 0 aromatic carbocycles. The Hall–Kier alpha value is -1.37. The highest BCUT2D eigenvalue weighted by atomic mass is 16.5. The Morgan fingerprint density at radius 3 is 2.79 bits per heavy atom. The molecule has 0 aliphatic heterocycles. The van der Waals surface area contributed by atoms with Crippen molar-refractivity contribution in [3.8, 4) is 0 Å². The molecule has 1 aromatic heterocycles. The number of carbonyl (C=O) groups excluding carboxylic acids is 1. The van der Waals surface area contributed by atoms with Crippen LogP contribution >= 0.6 is 0 Å². The van der Waals surface area contributed by atoms with Crippen LogP contribution in [0.3, 0.4) is 0 Å². The highest BCUT2D eigenvalue weighted by molar-refractivity contribution is 5.87. The van der Waals surface area contributed by atoms with Gasteiger partial charge in [0.05, 0.1) is 26.4 Å². The molecule has 0 aliphatic rings. The summed E-state index contributed by atoms with van der Waals surface area (Å²) in [5, 5.41) is 9.61. The highest BCUT2D eigenvalue weighted by Gasteiger charge is 2.17. The molecule has 108 valence electrons. The molecular formula is C13H21NO5. The van der Waals surface area contributed by atoms with Gasteiger partial charge in [-0.3, -0.25) is 4.90 Å². The highest BCUT2D eigenvalue weighted by Crippen LogP contribution is 2.17. The third-order valence-electron chi connectivity index (χ3n) is 2.65. The van der Waals surface area contributed by atoms with Crippen LogP contribution in [0.5, 0.6) is 0 Å². The number of aliphatic hydroxyl groups is 1. The van der Waals surface area contributed by atoms with Crippen LogP contribution in [-0.4, -0.2) is 56.5 Å². The van der Waals surface area contributed by atoms with Crippen molar-refractivity contribution >= 4 is 5.97 Å². The van der Waals surface area contributed by atoms with E-state index in [1.807, 2.05) is 11.9 Å². The molecule has 0 saturated carbocycles. The third-order valence-corrected chi connectivity index (χ3v) is 2.65. The Morgan fingerprint density at radius 2 is 2.21 bits per heavy atom. The molecule has 1 rings (SSSR count). The minimum atomic E-state index is -0.550. The number of hydrogen-bond acceptors (Lipinski definition) is 6. The molecule has 1 heterocycles. The standard InChI is InChI=1S/C13H21NO5/c1-9-5-11(19-12(9)13(16)18-4)7-14(2)6-10(15)8-17-3/h5,10,15H,6-8H2,1-4H3. The Morgan fingerprint density at radius 1 is 1.53 bits per heavy atom. The second-order valence-electron chi connectivity index (χ2n) is 4.52. The van der Waals surface area contributed by atoms with Gasteiger partial charge >= 0.3 is 5.97 Å². The van der Waals surface area contributed by atoms with Crippen LogP contribution in [0.1, 0.15) is 21.9 Å². The van der Waals surface area contributed by atoms with Gasteiger partial charge in [-0.25, -0.2) is 4.79 Å². The maximum Gasteiger partial charge on any atom is 0.374 e. The number of rotatable bonds is 7. The monoisotopic (exact) mass is 271 g/mol. The quantitative estimate of drug-likeness (QED) is 0.740. The summed E-state index contributed by atoms with van der Waals surface area (Å²) in [4.78, 5) is 13.3. The van der Waals surface area contributed by atoms with E-state index in [1.54, 1.807) is 20.1 Å². The van der Waals surface area contributed by atoms with Crippen LogP contribution in [0, 0.1) is 6.92 Å². The van der Waals surface area contributed by atoms with Gasteiger partial charge in [-0.2, -0.15) is 0 Å². The number of ether oxygens (including phenoxy) is 2. The Kier molecular flexibility index (Phi) is 6.01. The lowest BCUT2D eigenvalue weighted by molar-refractivity contribution is 0.0402. The van der Waals surface area contributed by atoms with Gasteiger partial charge in [-0.1, -0.05) is 0 Å². The molecule has 0 amide bonds. The summed E-state index contributed by atoms with van der Waals surface area (Å²) in [6.07, 6.45) is -0.550. The number of furan rings is 1. The molecule has 1 aromatic rings. The van der Waals surface area contributed by atoms with Crippen molar-refractivity contribution in [2.75, 3.05) is 34.4 Å². The lowest BCUT2D eigenvalue weighted by Gasteiger charge is -2.18. The predicted octanol–water partition coefficient (Wildman–Crippen LogP) is 0.814. The van der Waals surface area contributed by atoms with E-state index in [-0.39, 0.29) is 12.4 Å². The summed E-state index contributed by atoms with van der Waals surface area (Å²) < 4.78 is 14.9. The van der Waals surface area contributed by atoms with Gasteiger partial charge in [0.2, 0.25) is 5.76 Å². The minimum Gasteiger partial charge on any atom is -0.463 e. The first-order valence-electron chi connectivity index (χ1n) is 6.01. The summed E-state index contributed by atoms with van der Waals surface area (Å²) in [6.45, 7) is 3.04. The Labute approximate surface area is 112 Å². The maximum absolute atomic E-state index is 11.4. The smallest absolute Gasteiger partial charge is 0.374 e. The molecule has 0 spiro atoms. The van der Waals surface area contributed by atoms with Crippen LogP contribution < -0.4 is 0 Å². The van der Waals surface area contributed by atoms with E-state index in [0.29, 0.717) is 18.8 Å².